The maximum Gasteiger partial charge on any atom is 0.208 e. The van der Waals surface area contributed by atoms with Gasteiger partial charge in [0.05, 0.1) is 0 Å². The average Bonchev–Trinajstić information content (AvgIpc) is 2.65. The minimum atomic E-state index is -0.983. The normalized spacial score (nSPS) is 14.7. The van der Waals surface area contributed by atoms with E-state index in [1.54, 1.807) is 0 Å². The molecule has 3 nitrogen and oxygen atoms in total. The number of nitrogens with zero attached hydrogens (tertiary/aromatic N) is 1. The molecule has 0 aliphatic rings. The molecule has 0 N–H and O–H groups in total. The van der Waals surface area contributed by atoms with E-state index in [0.29, 0.717) is 17.0 Å². The van der Waals surface area contributed by atoms with Gasteiger partial charge >= 0.3 is 0 Å². The lowest BCUT2D eigenvalue weighted by Gasteiger charge is -2.37. The highest BCUT2D eigenvalue weighted by atomic mass is 28.2. The molecule has 4 heteroatoms. The van der Waals surface area contributed by atoms with Gasteiger partial charge in [0, 0.05) is 12.1 Å². The first-order valence-electron chi connectivity index (χ1n) is 10.7. The number of benzene rings is 2. The second-order valence-electron chi connectivity index (χ2n) is 10.6. The van der Waals surface area contributed by atoms with Gasteiger partial charge in [-0.15, -0.1) is 0 Å². The van der Waals surface area contributed by atoms with E-state index in [0.717, 1.165) is 11.1 Å². The molecule has 0 bridgehead atoms. The standard InChI is InChI=1S/C26H39NO2Si/c1-18-16-21(25(5,6)7)14-15-22(18)23(28)26(8,29-30)27(9)17-19-10-12-20(13-11-19)24(2,3)4/h10-16H,17H2,1-9,30H3. The molecule has 0 spiro atoms. The third-order valence-corrected chi connectivity index (χ3v) is 6.92. The zero-order chi connectivity index (χ0) is 22.9. The van der Waals surface area contributed by atoms with Crippen LogP contribution in [0.5, 0.6) is 0 Å². The minimum Gasteiger partial charge on any atom is -0.405 e. The summed E-state index contributed by atoms with van der Waals surface area (Å²) in [6.07, 6.45) is 0. The van der Waals surface area contributed by atoms with E-state index in [1.807, 2.05) is 31.9 Å². The molecule has 2 rings (SSSR count). The maximum absolute atomic E-state index is 13.6. The molecule has 0 saturated heterocycles. The topological polar surface area (TPSA) is 29.5 Å². The van der Waals surface area contributed by atoms with Crippen LogP contribution in [0.25, 0.3) is 0 Å². The SMILES string of the molecule is Cc1cc(C(C)(C)C)ccc1C(=O)C(C)(O[SiH3])N(C)Cc1ccc(C(C)(C)C)cc1. The molecule has 1 atom stereocenters. The number of Topliss-reactive ketones (excluding diaryl/α,β-unsaturated/α-hetero) is 1. The lowest BCUT2D eigenvalue weighted by Crippen LogP contribution is -2.52. The number of rotatable bonds is 6. The maximum atomic E-state index is 13.6. The van der Waals surface area contributed by atoms with E-state index in [2.05, 4.69) is 77.9 Å². The van der Waals surface area contributed by atoms with Gasteiger partial charge in [-0.2, -0.15) is 0 Å². The quantitative estimate of drug-likeness (QED) is 0.374. The number of likely N-dealkylation sites (N-methyl/N-ethyl adjacent to an activating group) is 1. The Hall–Kier alpha value is -1.75. The third kappa shape index (κ3) is 5.29. The molecule has 0 heterocycles. The number of hydrogen-bond acceptors (Lipinski definition) is 3. The summed E-state index contributed by atoms with van der Waals surface area (Å²) < 4.78 is 5.93. The monoisotopic (exact) mass is 425 g/mol. The molecule has 2 aromatic carbocycles. The van der Waals surface area contributed by atoms with Crippen molar-refractivity contribution < 1.29 is 9.22 Å². The fourth-order valence-corrected chi connectivity index (χ4v) is 4.09. The second-order valence-corrected chi connectivity index (χ2v) is 11.0. The fourth-order valence-electron chi connectivity index (χ4n) is 3.59. The highest BCUT2D eigenvalue weighted by Gasteiger charge is 2.38. The molecule has 0 saturated carbocycles. The van der Waals surface area contributed by atoms with Crippen molar-refractivity contribution in [3.63, 3.8) is 0 Å². The van der Waals surface area contributed by atoms with E-state index >= 15 is 0 Å². The Kier molecular flexibility index (Phi) is 7.17. The number of hydrogen-bond donors (Lipinski definition) is 0. The van der Waals surface area contributed by atoms with Crippen molar-refractivity contribution >= 4 is 16.3 Å². The van der Waals surface area contributed by atoms with Gasteiger partial charge < -0.3 is 4.43 Å². The van der Waals surface area contributed by atoms with Crippen LogP contribution in [0.2, 0.25) is 0 Å². The zero-order valence-electron chi connectivity index (χ0n) is 20.5. The van der Waals surface area contributed by atoms with Gasteiger partial charge in [-0.1, -0.05) is 84.0 Å². The summed E-state index contributed by atoms with van der Waals surface area (Å²) >= 11 is 0. The van der Waals surface area contributed by atoms with Crippen LogP contribution in [0.3, 0.4) is 0 Å². The van der Waals surface area contributed by atoms with Gasteiger partial charge in [0.25, 0.3) is 0 Å². The van der Waals surface area contributed by atoms with Gasteiger partial charge in [-0.25, -0.2) is 0 Å². The molecule has 0 fully saturated rings. The highest BCUT2D eigenvalue weighted by Crippen LogP contribution is 2.29. The van der Waals surface area contributed by atoms with E-state index in [1.165, 1.54) is 16.7 Å². The van der Waals surface area contributed by atoms with Crippen molar-refractivity contribution in [1.82, 2.24) is 4.90 Å². The van der Waals surface area contributed by atoms with Crippen LogP contribution >= 0.6 is 0 Å². The molecule has 2 aromatic rings. The van der Waals surface area contributed by atoms with Gasteiger partial charge in [0.1, 0.15) is 10.5 Å². The number of carbonyl (C=O) groups is 1. The molecule has 0 amide bonds. The predicted octanol–water partition coefficient (Wildman–Crippen LogP) is 4.92. The van der Waals surface area contributed by atoms with E-state index in [9.17, 15) is 4.79 Å². The molecule has 30 heavy (non-hydrogen) atoms. The first kappa shape index (κ1) is 24.5. The predicted molar refractivity (Wildman–Crippen MR) is 130 cm³/mol. The third-order valence-electron chi connectivity index (χ3n) is 6.12. The molecule has 0 aliphatic carbocycles. The van der Waals surface area contributed by atoms with Crippen LogP contribution in [0.1, 0.15) is 81.1 Å². The summed E-state index contributed by atoms with van der Waals surface area (Å²) in [4.78, 5) is 15.6. The van der Waals surface area contributed by atoms with Crippen LogP contribution < -0.4 is 0 Å². The van der Waals surface area contributed by atoms with Crippen molar-refractivity contribution in [3.05, 3.63) is 70.3 Å². The van der Waals surface area contributed by atoms with Gasteiger partial charge in [0.15, 0.2) is 5.72 Å². The Balaban J connectivity index is 2.28. The molecule has 164 valence electrons. The smallest absolute Gasteiger partial charge is 0.208 e. The largest absolute Gasteiger partial charge is 0.405 e. The van der Waals surface area contributed by atoms with Crippen molar-refractivity contribution in [1.29, 1.82) is 0 Å². The fraction of sp³-hybridized carbons (Fsp3) is 0.500. The number of aryl methyl sites for hydroxylation is 1. The molecule has 0 radical (unpaired) electrons. The first-order chi connectivity index (χ1) is 13.7. The van der Waals surface area contributed by atoms with E-state index in [-0.39, 0.29) is 16.6 Å². The number of carbonyl (C=O) groups excluding carboxylic acids is 1. The van der Waals surface area contributed by atoms with Gasteiger partial charge in [-0.05, 0) is 54.0 Å². The van der Waals surface area contributed by atoms with Crippen molar-refractivity contribution in [2.75, 3.05) is 7.05 Å². The van der Waals surface area contributed by atoms with Gasteiger partial charge in [0.2, 0.25) is 5.78 Å². The Labute approximate surface area is 186 Å². The van der Waals surface area contributed by atoms with Crippen LogP contribution in [-0.4, -0.2) is 33.9 Å². The summed E-state index contributed by atoms with van der Waals surface area (Å²) in [5.41, 5.74) is 4.64. The second kappa shape index (κ2) is 8.78. The Morgan fingerprint density at radius 3 is 1.83 bits per heavy atom. The zero-order valence-corrected chi connectivity index (χ0v) is 22.5. The summed E-state index contributed by atoms with van der Waals surface area (Å²) in [6, 6.07) is 14.8. The highest BCUT2D eigenvalue weighted by molar-refractivity contribution is 6.07. The summed E-state index contributed by atoms with van der Waals surface area (Å²) in [6.45, 7) is 17.8. The molecule has 0 aromatic heterocycles. The molecule has 1 unspecified atom stereocenters. The van der Waals surface area contributed by atoms with Crippen LogP contribution in [0, 0.1) is 6.92 Å². The summed E-state index contributed by atoms with van der Waals surface area (Å²) in [5, 5.41) is 0. The van der Waals surface area contributed by atoms with Gasteiger partial charge in [-0.3, -0.25) is 9.69 Å². The van der Waals surface area contributed by atoms with Crippen molar-refractivity contribution in [2.24, 2.45) is 0 Å². The Morgan fingerprint density at radius 2 is 1.40 bits per heavy atom. The first-order valence-corrected chi connectivity index (χ1v) is 11.5. The Morgan fingerprint density at radius 1 is 0.900 bits per heavy atom. The minimum absolute atomic E-state index is 0.0178. The van der Waals surface area contributed by atoms with Crippen LogP contribution in [0.4, 0.5) is 0 Å². The van der Waals surface area contributed by atoms with E-state index < -0.39 is 5.72 Å². The average molecular weight is 426 g/mol. The summed E-state index contributed by atoms with van der Waals surface area (Å²) in [7, 11) is 2.44. The van der Waals surface area contributed by atoms with Crippen LogP contribution in [0.15, 0.2) is 42.5 Å². The summed E-state index contributed by atoms with van der Waals surface area (Å²) in [5.74, 6) is 0.0178. The Bertz CT molecular complexity index is 891. The van der Waals surface area contributed by atoms with Crippen molar-refractivity contribution in [3.8, 4) is 0 Å². The lowest BCUT2D eigenvalue weighted by molar-refractivity contribution is -0.0314. The van der Waals surface area contributed by atoms with Crippen LogP contribution in [-0.2, 0) is 21.8 Å². The molecular formula is C26H39NO2Si. The lowest BCUT2D eigenvalue weighted by atomic mass is 9.84. The number of ketones is 1. The molecule has 0 aliphatic heterocycles. The molecular weight excluding hydrogens is 386 g/mol. The van der Waals surface area contributed by atoms with Crippen molar-refractivity contribution in [2.45, 2.75) is 78.5 Å². The van der Waals surface area contributed by atoms with E-state index in [4.69, 9.17) is 4.43 Å².